The summed E-state index contributed by atoms with van der Waals surface area (Å²) in [5.74, 6) is -0.727. The maximum atomic E-state index is 14.3. The van der Waals surface area contributed by atoms with Crippen molar-refractivity contribution in [1.29, 1.82) is 0 Å². The van der Waals surface area contributed by atoms with Gasteiger partial charge in [0.2, 0.25) is 10.0 Å². The molecule has 0 saturated carbocycles. The van der Waals surface area contributed by atoms with Gasteiger partial charge < -0.3 is 19.5 Å². The molecular formula is C29H33FN2O6S. The van der Waals surface area contributed by atoms with Crippen molar-refractivity contribution < 1.29 is 32.2 Å². The molecule has 1 N–H and O–H groups in total. The number of likely N-dealkylation sites (N-methyl/N-ethyl adjacent to an activating group) is 1. The van der Waals surface area contributed by atoms with Gasteiger partial charge in [-0.25, -0.2) is 12.8 Å². The molecule has 10 heteroatoms. The number of sulfonamides is 1. The second-order valence-electron chi connectivity index (χ2n) is 9.80. The Labute approximate surface area is 228 Å². The topological polar surface area (TPSA) is 96.4 Å². The summed E-state index contributed by atoms with van der Waals surface area (Å²) in [7, 11) is -0.898. The zero-order valence-electron chi connectivity index (χ0n) is 22.4. The third-order valence-electron chi connectivity index (χ3n) is 6.97. The van der Waals surface area contributed by atoms with E-state index in [1.165, 1.54) is 33.5 Å². The lowest BCUT2D eigenvalue weighted by Crippen LogP contribution is -2.50. The minimum atomic E-state index is -4.02. The van der Waals surface area contributed by atoms with E-state index >= 15 is 0 Å². The number of halogens is 1. The fourth-order valence-corrected chi connectivity index (χ4v) is 6.44. The second kappa shape index (κ2) is 11.7. The van der Waals surface area contributed by atoms with Crippen molar-refractivity contribution in [3.05, 3.63) is 78.1 Å². The predicted octanol–water partition coefficient (Wildman–Crippen LogP) is 4.04. The van der Waals surface area contributed by atoms with Crippen molar-refractivity contribution in [2.45, 2.75) is 30.9 Å². The summed E-state index contributed by atoms with van der Waals surface area (Å²) in [6, 6.07) is 17.3. The van der Waals surface area contributed by atoms with Crippen LogP contribution in [-0.4, -0.2) is 74.6 Å². The normalized spacial score (nSPS) is 19.6. The number of hydrogen-bond acceptors (Lipinski definition) is 6. The molecule has 1 aliphatic rings. The summed E-state index contributed by atoms with van der Waals surface area (Å²) in [6.07, 6.45) is -0.631. The Morgan fingerprint density at radius 3 is 2.56 bits per heavy atom. The van der Waals surface area contributed by atoms with Crippen molar-refractivity contribution >= 4 is 15.9 Å². The monoisotopic (exact) mass is 556 g/mol. The van der Waals surface area contributed by atoms with Crippen LogP contribution in [0.4, 0.5) is 4.39 Å². The van der Waals surface area contributed by atoms with E-state index in [9.17, 15) is 22.7 Å². The molecule has 1 amide bonds. The summed E-state index contributed by atoms with van der Waals surface area (Å²) in [4.78, 5) is 14.4. The van der Waals surface area contributed by atoms with Crippen LogP contribution in [0.1, 0.15) is 24.2 Å². The van der Waals surface area contributed by atoms with Gasteiger partial charge in [-0.15, -0.1) is 0 Å². The van der Waals surface area contributed by atoms with E-state index in [-0.39, 0.29) is 41.8 Å². The minimum absolute atomic E-state index is 0.0329. The van der Waals surface area contributed by atoms with Gasteiger partial charge in [-0.05, 0) is 54.4 Å². The second-order valence-corrected chi connectivity index (χ2v) is 11.7. The van der Waals surface area contributed by atoms with Crippen molar-refractivity contribution in [3.63, 3.8) is 0 Å². The Morgan fingerprint density at radius 2 is 1.87 bits per heavy atom. The molecule has 1 aliphatic heterocycles. The highest BCUT2D eigenvalue weighted by atomic mass is 32.2. The molecule has 8 nitrogen and oxygen atoms in total. The fourth-order valence-electron chi connectivity index (χ4n) is 4.62. The lowest BCUT2D eigenvalue weighted by Gasteiger charge is -2.37. The Balaban J connectivity index is 1.76. The molecule has 4 rings (SSSR count). The highest BCUT2D eigenvalue weighted by molar-refractivity contribution is 7.89. The number of amides is 1. The van der Waals surface area contributed by atoms with Crippen molar-refractivity contribution in [2.75, 3.05) is 33.9 Å². The van der Waals surface area contributed by atoms with Crippen molar-refractivity contribution in [1.82, 2.24) is 9.21 Å². The molecule has 3 aromatic carbocycles. The van der Waals surface area contributed by atoms with Crippen LogP contribution in [0.5, 0.6) is 11.5 Å². The molecule has 0 bridgehead atoms. The standard InChI is InChI=1S/C29H33FN2O6S/c1-19-16-32(20(2)18-33)39(35,36)28-13-12-22(21-8-7-9-23(14-21)37-4)15-26(28)38-27(19)17-31(3)29(34)24-10-5-6-11-25(24)30/h5-15,19-20,27,33H,16-18H2,1-4H3/t19-,20+,27+/m1/s1. The van der Waals surface area contributed by atoms with Crippen LogP contribution >= 0.6 is 0 Å². The molecule has 0 fully saturated rings. The number of ether oxygens (including phenoxy) is 2. The summed E-state index contributed by atoms with van der Waals surface area (Å²) in [5.41, 5.74) is 1.46. The van der Waals surface area contributed by atoms with Gasteiger partial charge in [0.25, 0.3) is 5.91 Å². The third-order valence-corrected chi connectivity index (χ3v) is 8.99. The molecule has 0 radical (unpaired) electrons. The van der Waals surface area contributed by atoms with Gasteiger partial charge in [0, 0.05) is 25.6 Å². The Kier molecular flexibility index (Phi) is 8.58. The molecule has 3 aromatic rings. The number of nitrogens with zero attached hydrogens (tertiary/aromatic N) is 2. The zero-order chi connectivity index (χ0) is 28.3. The molecular weight excluding hydrogens is 523 g/mol. The molecule has 1 heterocycles. The van der Waals surface area contributed by atoms with E-state index in [1.807, 2.05) is 31.2 Å². The summed E-state index contributed by atoms with van der Waals surface area (Å²) < 4.78 is 54.8. The number of aliphatic hydroxyl groups excluding tert-OH is 1. The number of fused-ring (bicyclic) bond motifs is 1. The number of carbonyl (C=O) groups excluding carboxylic acids is 1. The van der Waals surface area contributed by atoms with Gasteiger partial charge in [-0.2, -0.15) is 4.31 Å². The quantitative estimate of drug-likeness (QED) is 0.472. The van der Waals surface area contributed by atoms with Gasteiger partial charge in [-0.1, -0.05) is 37.3 Å². The molecule has 208 valence electrons. The third kappa shape index (κ3) is 5.93. The molecule has 0 aromatic heterocycles. The smallest absolute Gasteiger partial charge is 0.256 e. The number of carbonyl (C=O) groups is 1. The van der Waals surface area contributed by atoms with E-state index in [0.717, 1.165) is 5.56 Å². The van der Waals surface area contributed by atoms with Gasteiger partial charge in [0.1, 0.15) is 28.3 Å². The highest BCUT2D eigenvalue weighted by Crippen LogP contribution is 2.37. The molecule has 0 unspecified atom stereocenters. The fraction of sp³-hybridized carbons (Fsp3) is 0.345. The predicted molar refractivity (Wildman–Crippen MR) is 146 cm³/mol. The maximum Gasteiger partial charge on any atom is 0.256 e. The van der Waals surface area contributed by atoms with Crippen LogP contribution in [0.25, 0.3) is 11.1 Å². The molecule has 0 spiro atoms. The van der Waals surface area contributed by atoms with E-state index in [4.69, 9.17) is 9.47 Å². The van der Waals surface area contributed by atoms with Crippen LogP contribution in [0, 0.1) is 11.7 Å². The van der Waals surface area contributed by atoms with Crippen LogP contribution in [0.2, 0.25) is 0 Å². The van der Waals surface area contributed by atoms with Gasteiger partial charge in [0.05, 0.1) is 25.8 Å². The SMILES string of the molecule is COc1cccc(-c2ccc3c(c2)O[C@@H](CN(C)C(=O)c2ccccc2F)[C@H](C)CN([C@@H](C)CO)S3(=O)=O)c1. The average molecular weight is 557 g/mol. The Hall–Kier alpha value is -3.47. The van der Waals surface area contributed by atoms with Gasteiger partial charge in [0.15, 0.2) is 0 Å². The molecule has 0 aliphatic carbocycles. The van der Waals surface area contributed by atoms with E-state index in [2.05, 4.69) is 0 Å². The molecule has 39 heavy (non-hydrogen) atoms. The molecule has 0 saturated heterocycles. The number of hydrogen-bond donors (Lipinski definition) is 1. The van der Waals surface area contributed by atoms with E-state index in [1.54, 1.807) is 39.3 Å². The largest absolute Gasteiger partial charge is 0.497 e. The van der Waals surface area contributed by atoms with E-state index in [0.29, 0.717) is 11.3 Å². The Morgan fingerprint density at radius 1 is 1.15 bits per heavy atom. The van der Waals surface area contributed by atoms with Crippen LogP contribution < -0.4 is 9.47 Å². The van der Waals surface area contributed by atoms with Gasteiger partial charge in [-0.3, -0.25) is 4.79 Å². The first kappa shape index (κ1) is 28.5. The first-order chi connectivity index (χ1) is 18.6. The highest BCUT2D eigenvalue weighted by Gasteiger charge is 2.38. The number of methoxy groups -OCH3 is 1. The molecule has 3 atom stereocenters. The number of benzene rings is 3. The van der Waals surface area contributed by atoms with Crippen LogP contribution in [0.15, 0.2) is 71.6 Å². The minimum Gasteiger partial charge on any atom is -0.497 e. The summed E-state index contributed by atoms with van der Waals surface area (Å²) in [6.45, 7) is 3.25. The lowest BCUT2D eigenvalue weighted by atomic mass is 10.0. The first-order valence-electron chi connectivity index (χ1n) is 12.6. The summed E-state index contributed by atoms with van der Waals surface area (Å²) >= 11 is 0. The van der Waals surface area contributed by atoms with Crippen molar-refractivity contribution in [2.24, 2.45) is 5.92 Å². The van der Waals surface area contributed by atoms with Crippen molar-refractivity contribution in [3.8, 4) is 22.6 Å². The first-order valence-corrected chi connectivity index (χ1v) is 14.1. The number of aliphatic hydroxyl groups is 1. The maximum absolute atomic E-state index is 14.3. The lowest BCUT2D eigenvalue weighted by molar-refractivity contribution is 0.0560. The van der Waals surface area contributed by atoms with Gasteiger partial charge >= 0.3 is 0 Å². The number of rotatable bonds is 7. The van der Waals surface area contributed by atoms with Crippen LogP contribution in [0.3, 0.4) is 0 Å². The Bertz CT molecular complexity index is 1450. The van der Waals surface area contributed by atoms with E-state index < -0.39 is 33.9 Å². The average Bonchev–Trinajstić information content (AvgIpc) is 2.94. The summed E-state index contributed by atoms with van der Waals surface area (Å²) in [5, 5.41) is 9.86. The zero-order valence-corrected chi connectivity index (χ0v) is 23.2. The van der Waals surface area contributed by atoms with Crippen LogP contribution in [-0.2, 0) is 10.0 Å².